The van der Waals surface area contributed by atoms with Crippen molar-refractivity contribution in [2.24, 2.45) is 0 Å². The number of ketones is 1. The van der Waals surface area contributed by atoms with E-state index >= 15 is 0 Å². The number of aliphatic hydroxyl groups is 1. The topological polar surface area (TPSA) is 80.0 Å². The fourth-order valence-corrected chi connectivity index (χ4v) is 3.68. The van der Waals surface area contributed by atoms with Gasteiger partial charge in [-0.1, -0.05) is 18.2 Å². The maximum atomic E-state index is 13.0. The minimum atomic E-state index is -0.873. The van der Waals surface area contributed by atoms with Crippen molar-refractivity contribution in [2.75, 3.05) is 4.90 Å². The second-order valence-electron chi connectivity index (χ2n) is 7.64. The van der Waals surface area contributed by atoms with Crippen molar-refractivity contribution in [1.29, 1.82) is 0 Å². The average Bonchev–Trinajstić information content (AvgIpc) is 3.29. The lowest BCUT2D eigenvalue weighted by Crippen LogP contribution is -2.29. The summed E-state index contributed by atoms with van der Waals surface area (Å²) < 4.78 is 11.4. The standard InChI is InChI=1S/C25H23NO5/c1-15(2)30-19-12-10-17(11-13-19)23(27)21-22(20-14-9-16(3)31-20)26(25(29)24(21)28)18-7-5-4-6-8-18/h4-15,22,27H,1-3H3/b23-21-. The van der Waals surface area contributed by atoms with Gasteiger partial charge in [0.2, 0.25) is 0 Å². The summed E-state index contributed by atoms with van der Waals surface area (Å²) in [5.41, 5.74) is 0.944. The van der Waals surface area contributed by atoms with Gasteiger partial charge in [-0.3, -0.25) is 14.5 Å². The number of para-hydroxylation sites is 1. The first-order valence-electron chi connectivity index (χ1n) is 10.1. The average molecular weight is 417 g/mol. The summed E-state index contributed by atoms with van der Waals surface area (Å²) in [4.78, 5) is 27.4. The van der Waals surface area contributed by atoms with Gasteiger partial charge in [0.15, 0.2) is 0 Å². The molecule has 1 N–H and O–H groups in total. The Kier molecular flexibility index (Phi) is 5.38. The number of furan rings is 1. The smallest absolute Gasteiger partial charge is 0.300 e. The van der Waals surface area contributed by atoms with Crippen molar-refractivity contribution < 1.29 is 23.8 Å². The molecule has 1 aliphatic heterocycles. The van der Waals surface area contributed by atoms with Crippen LogP contribution in [-0.2, 0) is 9.59 Å². The highest BCUT2D eigenvalue weighted by atomic mass is 16.5. The minimum Gasteiger partial charge on any atom is -0.507 e. The Balaban J connectivity index is 1.84. The molecule has 31 heavy (non-hydrogen) atoms. The van der Waals surface area contributed by atoms with Gasteiger partial charge in [0.1, 0.15) is 29.1 Å². The Bertz CT molecular complexity index is 1140. The molecule has 0 spiro atoms. The van der Waals surface area contributed by atoms with E-state index in [1.165, 1.54) is 4.90 Å². The lowest BCUT2D eigenvalue weighted by molar-refractivity contribution is -0.132. The zero-order valence-corrected chi connectivity index (χ0v) is 17.5. The van der Waals surface area contributed by atoms with Gasteiger partial charge in [-0.25, -0.2) is 0 Å². The molecule has 1 aliphatic rings. The molecule has 4 rings (SSSR count). The Morgan fingerprint density at radius 1 is 1.00 bits per heavy atom. The van der Waals surface area contributed by atoms with Gasteiger partial charge in [-0.15, -0.1) is 0 Å². The van der Waals surface area contributed by atoms with Crippen molar-refractivity contribution in [1.82, 2.24) is 0 Å². The Morgan fingerprint density at radius 3 is 2.26 bits per heavy atom. The highest BCUT2D eigenvalue weighted by molar-refractivity contribution is 6.51. The number of anilines is 1. The minimum absolute atomic E-state index is 0.0119. The Labute approximate surface area is 180 Å². The molecule has 1 amide bonds. The molecule has 6 nitrogen and oxygen atoms in total. The molecule has 1 atom stereocenters. The van der Waals surface area contributed by atoms with Crippen LogP contribution >= 0.6 is 0 Å². The predicted molar refractivity (Wildman–Crippen MR) is 117 cm³/mol. The number of aryl methyl sites for hydroxylation is 1. The molecule has 0 aliphatic carbocycles. The van der Waals surface area contributed by atoms with Gasteiger partial charge in [0, 0.05) is 11.3 Å². The summed E-state index contributed by atoms with van der Waals surface area (Å²) >= 11 is 0. The van der Waals surface area contributed by atoms with Crippen molar-refractivity contribution in [2.45, 2.75) is 32.9 Å². The van der Waals surface area contributed by atoms with Crippen LogP contribution < -0.4 is 9.64 Å². The number of benzene rings is 2. The highest BCUT2D eigenvalue weighted by Gasteiger charge is 2.48. The van der Waals surface area contributed by atoms with Crippen LogP contribution in [-0.4, -0.2) is 22.9 Å². The number of amides is 1. The number of carbonyl (C=O) groups is 2. The quantitative estimate of drug-likeness (QED) is 0.359. The van der Waals surface area contributed by atoms with E-state index in [-0.39, 0.29) is 17.4 Å². The number of ether oxygens (including phenoxy) is 1. The number of aliphatic hydroxyl groups excluding tert-OH is 1. The van der Waals surface area contributed by atoms with E-state index in [0.717, 1.165) is 0 Å². The zero-order chi connectivity index (χ0) is 22.1. The van der Waals surface area contributed by atoms with Crippen molar-refractivity contribution in [3.8, 4) is 5.75 Å². The molecular formula is C25H23NO5. The summed E-state index contributed by atoms with van der Waals surface area (Å²) in [6.45, 7) is 5.63. The maximum Gasteiger partial charge on any atom is 0.300 e. The van der Waals surface area contributed by atoms with Crippen LogP contribution in [0.15, 0.2) is 76.7 Å². The third-order valence-electron chi connectivity index (χ3n) is 5.01. The molecule has 1 unspecified atom stereocenters. The molecule has 6 heteroatoms. The van der Waals surface area contributed by atoms with E-state index in [2.05, 4.69) is 0 Å². The Morgan fingerprint density at radius 2 is 1.68 bits per heavy atom. The van der Waals surface area contributed by atoms with Gasteiger partial charge in [-0.05, 0) is 69.3 Å². The summed E-state index contributed by atoms with van der Waals surface area (Å²) in [5.74, 6) is -0.0402. The van der Waals surface area contributed by atoms with E-state index in [1.54, 1.807) is 67.6 Å². The second-order valence-corrected chi connectivity index (χ2v) is 7.64. The lowest BCUT2D eigenvalue weighted by Gasteiger charge is -2.23. The lowest BCUT2D eigenvalue weighted by atomic mass is 9.99. The summed E-state index contributed by atoms with van der Waals surface area (Å²) in [6, 6.07) is 18.2. The molecule has 1 aromatic heterocycles. The maximum absolute atomic E-state index is 13.0. The highest BCUT2D eigenvalue weighted by Crippen LogP contribution is 2.42. The summed E-state index contributed by atoms with van der Waals surface area (Å²) in [7, 11) is 0. The molecule has 158 valence electrons. The van der Waals surface area contributed by atoms with Crippen LogP contribution in [0.1, 0.15) is 37.0 Å². The zero-order valence-electron chi connectivity index (χ0n) is 17.5. The molecule has 2 heterocycles. The van der Waals surface area contributed by atoms with Crippen LogP contribution in [0.25, 0.3) is 5.76 Å². The van der Waals surface area contributed by atoms with Gasteiger partial charge in [0.25, 0.3) is 11.7 Å². The molecule has 0 saturated carbocycles. The van der Waals surface area contributed by atoms with Gasteiger partial charge < -0.3 is 14.3 Å². The van der Waals surface area contributed by atoms with Crippen LogP contribution in [0, 0.1) is 6.92 Å². The largest absolute Gasteiger partial charge is 0.507 e. The fraction of sp³-hybridized carbons (Fsp3) is 0.200. The van der Waals surface area contributed by atoms with Crippen molar-refractivity contribution in [3.63, 3.8) is 0 Å². The summed E-state index contributed by atoms with van der Waals surface area (Å²) in [5, 5.41) is 11.1. The molecule has 0 bridgehead atoms. The first-order chi connectivity index (χ1) is 14.9. The van der Waals surface area contributed by atoms with Gasteiger partial charge in [-0.2, -0.15) is 0 Å². The van der Waals surface area contributed by atoms with Crippen LogP contribution in [0.3, 0.4) is 0 Å². The number of hydrogen-bond donors (Lipinski definition) is 1. The first kappa shape index (κ1) is 20.5. The molecule has 1 fully saturated rings. The fourth-order valence-electron chi connectivity index (χ4n) is 3.68. The van der Waals surface area contributed by atoms with E-state index in [4.69, 9.17) is 9.15 Å². The van der Waals surface area contributed by atoms with E-state index in [0.29, 0.717) is 28.5 Å². The van der Waals surface area contributed by atoms with Crippen molar-refractivity contribution in [3.05, 3.63) is 89.4 Å². The van der Waals surface area contributed by atoms with E-state index in [1.807, 2.05) is 19.9 Å². The third-order valence-corrected chi connectivity index (χ3v) is 5.01. The number of carbonyl (C=O) groups excluding carboxylic acids is 2. The van der Waals surface area contributed by atoms with Crippen molar-refractivity contribution >= 4 is 23.1 Å². The normalized spacial score (nSPS) is 18.1. The molecule has 2 aromatic carbocycles. The SMILES string of the molecule is Cc1ccc(C2/C(=C(/O)c3ccc(OC(C)C)cc3)C(=O)C(=O)N2c2ccccc2)o1. The summed E-state index contributed by atoms with van der Waals surface area (Å²) in [6.07, 6.45) is 0.0119. The molecule has 3 aromatic rings. The van der Waals surface area contributed by atoms with Gasteiger partial charge in [0.05, 0.1) is 11.7 Å². The molecule has 0 radical (unpaired) electrons. The van der Waals surface area contributed by atoms with Gasteiger partial charge >= 0.3 is 0 Å². The third kappa shape index (κ3) is 3.84. The number of hydrogen-bond acceptors (Lipinski definition) is 5. The van der Waals surface area contributed by atoms with Crippen LogP contribution in [0.2, 0.25) is 0 Å². The number of nitrogens with zero attached hydrogens (tertiary/aromatic N) is 1. The predicted octanol–water partition coefficient (Wildman–Crippen LogP) is 5.00. The first-order valence-corrected chi connectivity index (χ1v) is 10.1. The Hall–Kier alpha value is -3.80. The number of rotatable bonds is 5. The van der Waals surface area contributed by atoms with E-state index < -0.39 is 17.7 Å². The monoisotopic (exact) mass is 417 g/mol. The number of Topliss-reactive ketones (excluding diaryl/α,β-unsaturated/α-hetero) is 1. The molecular weight excluding hydrogens is 394 g/mol. The molecule has 1 saturated heterocycles. The van der Waals surface area contributed by atoms with E-state index in [9.17, 15) is 14.7 Å². The second kappa shape index (κ2) is 8.14. The van der Waals surface area contributed by atoms with Crippen LogP contribution in [0.5, 0.6) is 5.75 Å². The van der Waals surface area contributed by atoms with Crippen LogP contribution in [0.4, 0.5) is 5.69 Å².